The molecule has 0 amide bonds. The molecule has 25 heavy (non-hydrogen) atoms. The molecule has 0 aliphatic rings. The van der Waals surface area contributed by atoms with Gasteiger partial charge in [-0.3, -0.25) is 0 Å². The van der Waals surface area contributed by atoms with Crippen LogP contribution in [0.4, 0.5) is 0 Å². The summed E-state index contributed by atoms with van der Waals surface area (Å²) in [5, 5.41) is -0.618. The molecule has 0 aliphatic carbocycles. The average Bonchev–Trinajstić information content (AvgIpc) is 2.54. The van der Waals surface area contributed by atoms with Crippen molar-refractivity contribution < 1.29 is 8.42 Å². The predicted octanol–water partition coefficient (Wildman–Crippen LogP) is 5.96. The highest BCUT2D eigenvalue weighted by Gasteiger charge is 2.26. The summed E-state index contributed by atoms with van der Waals surface area (Å²) in [4.78, 5) is 0.355. The largest absolute Gasteiger partial charge is 0.223 e. The number of allylic oxidation sites excluding steroid dienone is 5. The van der Waals surface area contributed by atoms with E-state index >= 15 is 0 Å². The molecule has 1 aromatic carbocycles. The molecule has 0 saturated heterocycles. The van der Waals surface area contributed by atoms with Crippen molar-refractivity contribution in [3.63, 3.8) is 0 Å². The average molecular weight is 359 g/mol. The molecule has 2 nitrogen and oxygen atoms in total. The molecule has 1 unspecified atom stereocenters. The fourth-order valence-electron chi connectivity index (χ4n) is 2.49. The molecule has 1 atom stereocenters. The third-order valence-electron chi connectivity index (χ3n) is 4.06. The van der Waals surface area contributed by atoms with Crippen LogP contribution in [0.3, 0.4) is 0 Å². The summed E-state index contributed by atoms with van der Waals surface area (Å²) in [6, 6.07) is 7.02. The van der Waals surface area contributed by atoms with E-state index in [2.05, 4.69) is 33.1 Å². The maximum atomic E-state index is 13.1. The van der Waals surface area contributed by atoms with Crippen LogP contribution in [-0.4, -0.2) is 13.7 Å². The minimum atomic E-state index is -3.46. The lowest BCUT2D eigenvalue weighted by molar-refractivity contribution is 0.587. The van der Waals surface area contributed by atoms with Crippen molar-refractivity contribution in [3.8, 4) is 0 Å². The molecule has 1 rings (SSSR count). The lowest BCUT2D eigenvalue weighted by atomic mass is 10.1. The predicted molar refractivity (Wildman–Crippen MR) is 109 cm³/mol. The molecule has 3 heteroatoms. The van der Waals surface area contributed by atoms with E-state index in [0.29, 0.717) is 11.3 Å². The van der Waals surface area contributed by atoms with Gasteiger partial charge in [0, 0.05) is 0 Å². The Morgan fingerprint density at radius 1 is 1.16 bits per heavy atom. The monoisotopic (exact) mass is 358 g/mol. The molecular weight excluding hydrogens is 328 g/mol. The van der Waals surface area contributed by atoms with Gasteiger partial charge in [-0.15, -0.1) is 0 Å². The van der Waals surface area contributed by atoms with E-state index in [1.54, 1.807) is 18.2 Å². The maximum Gasteiger partial charge on any atom is 0.185 e. The van der Waals surface area contributed by atoms with Gasteiger partial charge >= 0.3 is 0 Å². The van der Waals surface area contributed by atoms with Gasteiger partial charge in [0.25, 0.3) is 0 Å². The molecule has 0 heterocycles. The van der Waals surface area contributed by atoms with Gasteiger partial charge in [0.05, 0.1) is 10.1 Å². The maximum absolute atomic E-state index is 13.1. The second-order valence-corrected chi connectivity index (χ2v) is 8.96. The van der Waals surface area contributed by atoms with Crippen LogP contribution in [0.2, 0.25) is 0 Å². The van der Waals surface area contributed by atoms with Gasteiger partial charge in [0.15, 0.2) is 9.84 Å². The van der Waals surface area contributed by atoms with Gasteiger partial charge in [-0.1, -0.05) is 65.8 Å². The zero-order valence-electron chi connectivity index (χ0n) is 15.9. The summed E-state index contributed by atoms with van der Waals surface area (Å²) in [5.41, 5.74) is 4.13. The Morgan fingerprint density at radius 2 is 1.76 bits per heavy atom. The zero-order valence-corrected chi connectivity index (χ0v) is 16.7. The molecule has 0 aliphatic heterocycles. The second kappa shape index (κ2) is 9.57. The van der Waals surface area contributed by atoms with Crippen molar-refractivity contribution in [2.24, 2.45) is 0 Å². The first-order valence-electron chi connectivity index (χ1n) is 8.58. The smallest absolute Gasteiger partial charge is 0.185 e. The Labute approximate surface area is 153 Å². The zero-order chi connectivity index (χ0) is 19.0. The van der Waals surface area contributed by atoms with Crippen LogP contribution >= 0.6 is 0 Å². The van der Waals surface area contributed by atoms with E-state index in [1.165, 1.54) is 5.57 Å². The highest BCUT2D eigenvalue weighted by atomic mass is 32.2. The Kier molecular flexibility index (Phi) is 8.11. The van der Waals surface area contributed by atoms with Crippen LogP contribution in [0.5, 0.6) is 0 Å². The summed E-state index contributed by atoms with van der Waals surface area (Å²) in [7, 11) is -3.46. The summed E-state index contributed by atoms with van der Waals surface area (Å²) in [5.74, 6) is 0. The van der Waals surface area contributed by atoms with Gasteiger partial charge in [0.1, 0.15) is 0 Å². The van der Waals surface area contributed by atoms with E-state index in [1.807, 2.05) is 32.1 Å². The van der Waals surface area contributed by atoms with E-state index < -0.39 is 15.1 Å². The molecule has 0 N–H and O–H groups in total. The number of hydrogen-bond donors (Lipinski definition) is 0. The Balaban J connectivity index is 3.14. The summed E-state index contributed by atoms with van der Waals surface area (Å²) in [6.45, 7) is 15.7. The number of aryl methyl sites for hydroxylation is 1. The lowest BCUT2D eigenvalue weighted by Gasteiger charge is -2.16. The van der Waals surface area contributed by atoms with Crippen molar-refractivity contribution in [3.05, 3.63) is 77.9 Å². The summed E-state index contributed by atoms with van der Waals surface area (Å²) < 4.78 is 26.2. The quantitative estimate of drug-likeness (QED) is 0.403. The normalized spacial score (nSPS) is 13.2. The standard InChI is InChI=1S/C22H30O2S/c1-7-18(4)15-22(16-20(6)10-8-9-17(2)3)25(23,24)21-13-11-19(5)12-14-21/h7,9,11-14,16,22H,1,4,8,10,15H2,2-3,5-6H3/b20-16-. The van der Waals surface area contributed by atoms with Gasteiger partial charge in [0.2, 0.25) is 0 Å². The molecular formula is C22H30O2S. The van der Waals surface area contributed by atoms with Gasteiger partial charge in [-0.05, 0) is 59.1 Å². The van der Waals surface area contributed by atoms with Crippen LogP contribution in [0, 0.1) is 6.92 Å². The molecule has 0 bridgehead atoms. The van der Waals surface area contributed by atoms with Gasteiger partial charge < -0.3 is 0 Å². The summed E-state index contributed by atoms with van der Waals surface area (Å²) >= 11 is 0. The van der Waals surface area contributed by atoms with E-state index in [0.717, 1.165) is 29.6 Å². The summed E-state index contributed by atoms with van der Waals surface area (Å²) in [6.07, 6.45) is 7.81. The van der Waals surface area contributed by atoms with Gasteiger partial charge in [-0.25, -0.2) is 8.42 Å². The number of benzene rings is 1. The van der Waals surface area contributed by atoms with Crippen molar-refractivity contribution in [2.75, 3.05) is 0 Å². The van der Waals surface area contributed by atoms with Crippen molar-refractivity contribution >= 4 is 9.84 Å². The fourth-order valence-corrected chi connectivity index (χ4v) is 4.20. The Morgan fingerprint density at radius 3 is 2.28 bits per heavy atom. The molecule has 0 saturated carbocycles. The minimum absolute atomic E-state index is 0.355. The second-order valence-electron chi connectivity index (χ2n) is 6.80. The highest BCUT2D eigenvalue weighted by Crippen LogP contribution is 2.24. The molecule has 0 fully saturated rings. The van der Waals surface area contributed by atoms with E-state index in [-0.39, 0.29) is 0 Å². The third kappa shape index (κ3) is 6.87. The lowest BCUT2D eigenvalue weighted by Crippen LogP contribution is -2.20. The molecule has 136 valence electrons. The van der Waals surface area contributed by atoms with E-state index in [4.69, 9.17) is 0 Å². The number of hydrogen-bond acceptors (Lipinski definition) is 2. The topological polar surface area (TPSA) is 34.1 Å². The molecule has 0 spiro atoms. The molecule has 0 aromatic heterocycles. The van der Waals surface area contributed by atoms with Crippen LogP contribution in [0.25, 0.3) is 0 Å². The van der Waals surface area contributed by atoms with Gasteiger partial charge in [-0.2, -0.15) is 0 Å². The van der Waals surface area contributed by atoms with E-state index in [9.17, 15) is 8.42 Å². The third-order valence-corrected chi connectivity index (χ3v) is 6.09. The first-order valence-corrected chi connectivity index (χ1v) is 10.1. The van der Waals surface area contributed by atoms with Crippen LogP contribution in [-0.2, 0) is 9.84 Å². The van der Waals surface area contributed by atoms with Crippen molar-refractivity contribution in [1.82, 2.24) is 0 Å². The minimum Gasteiger partial charge on any atom is -0.223 e. The fraction of sp³-hybridized carbons (Fsp3) is 0.364. The Hall–Kier alpha value is -1.87. The molecule has 0 radical (unpaired) electrons. The first-order chi connectivity index (χ1) is 11.7. The van der Waals surface area contributed by atoms with Crippen molar-refractivity contribution in [1.29, 1.82) is 0 Å². The van der Waals surface area contributed by atoms with Crippen molar-refractivity contribution in [2.45, 2.75) is 57.1 Å². The van der Waals surface area contributed by atoms with Crippen LogP contribution < -0.4 is 0 Å². The number of rotatable bonds is 9. The van der Waals surface area contributed by atoms with Crippen LogP contribution in [0.15, 0.2) is 77.3 Å². The molecule has 1 aromatic rings. The Bertz CT molecular complexity index is 759. The highest BCUT2D eigenvalue weighted by molar-refractivity contribution is 7.92. The first kappa shape index (κ1) is 21.2. The SMILES string of the molecule is C=CC(=C)CC(/C=C(/C)CCC=C(C)C)S(=O)(=O)c1ccc(C)cc1. The van der Waals surface area contributed by atoms with Crippen LogP contribution in [0.1, 0.15) is 45.6 Å². The number of sulfone groups is 1.